The van der Waals surface area contributed by atoms with Gasteiger partial charge >= 0.3 is 18.9 Å². The fraction of sp³-hybridized carbons (Fsp3) is 0.333. The van der Waals surface area contributed by atoms with Gasteiger partial charge in [-0.3, -0.25) is 0 Å². The summed E-state index contributed by atoms with van der Waals surface area (Å²) in [5, 5.41) is 9.19. The third kappa shape index (κ3) is 8.95. The van der Waals surface area contributed by atoms with Crippen molar-refractivity contribution >= 4 is 5.97 Å². The Hall–Kier alpha value is 0.0674. The number of aliphatic carboxylic acids is 1. The zero-order valence-electron chi connectivity index (χ0n) is 3.73. The SMILES string of the molecule is [CH2]CC(=O)[O-].[Li+]. The van der Waals surface area contributed by atoms with Gasteiger partial charge in [0.05, 0.1) is 0 Å². The van der Waals surface area contributed by atoms with E-state index < -0.39 is 5.97 Å². The smallest absolute Gasteiger partial charge is 0.550 e. The molecule has 0 fully saturated rings. The van der Waals surface area contributed by atoms with E-state index in [1.807, 2.05) is 0 Å². The minimum Gasteiger partial charge on any atom is -0.550 e. The molecule has 0 atom stereocenters. The third-order valence-electron chi connectivity index (χ3n) is 0.204. The molecule has 0 aromatic rings. The molecule has 0 aliphatic heterocycles. The number of hydrogen-bond acceptors (Lipinski definition) is 2. The van der Waals surface area contributed by atoms with Gasteiger partial charge in [0, 0.05) is 5.97 Å². The zero-order valence-corrected chi connectivity index (χ0v) is 3.73. The van der Waals surface area contributed by atoms with E-state index in [1.54, 1.807) is 0 Å². The molecule has 2 nitrogen and oxygen atoms in total. The summed E-state index contributed by atoms with van der Waals surface area (Å²) in [7, 11) is 0. The summed E-state index contributed by atoms with van der Waals surface area (Å²) in [6.45, 7) is 3.02. The van der Waals surface area contributed by atoms with Crippen molar-refractivity contribution < 1.29 is 28.8 Å². The van der Waals surface area contributed by atoms with Gasteiger partial charge in [0.15, 0.2) is 0 Å². The van der Waals surface area contributed by atoms with Crippen molar-refractivity contribution in [3.63, 3.8) is 0 Å². The maximum absolute atomic E-state index is 9.19. The molecule has 0 N–H and O–H groups in total. The molecule has 0 aromatic carbocycles. The van der Waals surface area contributed by atoms with Gasteiger partial charge in [-0.25, -0.2) is 0 Å². The van der Waals surface area contributed by atoms with E-state index in [1.165, 1.54) is 0 Å². The van der Waals surface area contributed by atoms with Gasteiger partial charge in [-0.1, -0.05) is 0 Å². The number of rotatable bonds is 1. The Morgan fingerprint density at radius 1 is 1.83 bits per heavy atom. The van der Waals surface area contributed by atoms with E-state index in [0.717, 1.165) is 0 Å². The van der Waals surface area contributed by atoms with Gasteiger partial charge in [-0.2, -0.15) is 0 Å². The average molecular weight is 79.0 g/mol. The second-order valence-corrected chi connectivity index (χ2v) is 0.622. The van der Waals surface area contributed by atoms with Crippen LogP contribution < -0.4 is 24.0 Å². The summed E-state index contributed by atoms with van der Waals surface area (Å²) < 4.78 is 0. The molecular weight excluding hydrogens is 75.0 g/mol. The normalized spacial score (nSPS) is 6.17. The summed E-state index contributed by atoms with van der Waals surface area (Å²) in [6, 6.07) is 0. The van der Waals surface area contributed by atoms with Gasteiger partial charge in [-0.05, 0) is 13.3 Å². The first-order chi connectivity index (χ1) is 2.27. The van der Waals surface area contributed by atoms with Crippen LogP contribution in [0.4, 0.5) is 0 Å². The molecule has 0 unspecified atom stereocenters. The van der Waals surface area contributed by atoms with Crippen LogP contribution in [0.15, 0.2) is 0 Å². The maximum atomic E-state index is 9.19. The third-order valence-corrected chi connectivity index (χ3v) is 0.204. The number of hydrogen-bond donors (Lipinski definition) is 0. The minimum absolute atomic E-state index is 0. The van der Waals surface area contributed by atoms with E-state index in [-0.39, 0.29) is 25.3 Å². The molecule has 0 bridgehead atoms. The molecule has 0 spiro atoms. The van der Waals surface area contributed by atoms with Crippen molar-refractivity contribution in [2.75, 3.05) is 0 Å². The van der Waals surface area contributed by atoms with Crippen molar-refractivity contribution in [3.8, 4) is 0 Å². The van der Waals surface area contributed by atoms with Crippen LogP contribution in [0.2, 0.25) is 0 Å². The summed E-state index contributed by atoms with van der Waals surface area (Å²) in [5.74, 6) is -1.11. The van der Waals surface area contributed by atoms with Gasteiger partial charge in [-0.15, -0.1) is 0 Å². The molecule has 0 amide bonds. The molecular formula is C3H4LiO2. The molecule has 0 saturated heterocycles. The molecule has 0 rings (SSSR count). The Labute approximate surface area is 48.7 Å². The quantitative estimate of drug-likeness (QED) is 0.300. The van der Waals surface area contributed by atoms with E-state index in [4.69, 9.17) is 0 Å². The topological polar surface area (TPSA) is 40.1 Å². The molecule has 0 aliphatic carbocycles. The Balaban J connectivity index is 0. The molecule has 3 heteroatoms. The van der Waals surface area contributed by atoms with Crippen LogP contribution in [-0.4, -0.2) is 5.97 Å². The zero-order chi connectivity index (χ0) is 4.28. The van der Waals surface area contributed by atoms with Crippen molar-refractivity contribution in [2.45, 2.75) is 6.42 Å². The standard InChI is InChI=1S/C3H5O2.Li/c1-2-3(4)5;/h1-2H2,(H,4,5);/q;+1/p-1. The van der Waals surface area contributed by atoms with E-state index in [9.17, 15) is 9.90 Å². The Bertz CT molecular complexity index is 44.1. The van der Waals surface area contributed by atoms with E-state index in [2.05, 4.69) is 6.92 Å². The largest absolute Gasteiger partial charge is 1.00 e. The molecule has 0 saturated carbocycles. The minimum atomic E-state index is -1.11. The molecule has 29 valence electrons. The molecule has 0 heterocycles. The van der Waals surface area contributed by atoms with E-state index in [0.29, 0.717) is 0 Å². The van der Waals surface area contributed by atoms with Crippen LogP contribution >= 0.6 is 0 Å². The summed E-state index contributed by atoms with van der Waals surface area (Å²) in [6.07, 6.45) is -0.139. The first kappa shape index (κ1) is 9.42. The fourth-order valence-corrected chi connectivity index (χ4v) is 0. The number of carbonyl (C=O) groups is 1. The summed E-state index contributed by atoms with van der Waals surface area (Å²) in [5.41, 5.74) is 0. The second kappa shape index (κ2) is 5.07. The van der Waals surface area contributed by atoms with E-state index >= 15 is 0 Å². The van der Waals surface area contributed by atoms with Crippen LogP contribution in [0.5, 0.6) is 0 Å². The maximum Gasteiger partial charge on any atom is 1.00 e. The summed E-state index contributed by atoms with van der Waals surface area (Å²) >= 11 is 0. The Morgan fingerprint density at radius 3 is 2.00 bits per heavy atom. The van der Waals surface area contributed by atoms with Crippen molar-refractivity contribution in [1.29, 1.82) is 0 Å². The second-order valence-electron chi connectivity index (χ2n) is 0.622. The van der Waals surface area contributed by atoms with Crippen molar-refractivity contribution in [1.82, 2.24) is 0 Å². The van der Waals surface area contributed by atoms with Crippen LogP contribution in [0.3, 0.4) is 0 Å². The number of carboxylic acid groups (broad SMARTS) is 1. The van der Waals surface area contributed by atoms with Crippen LogP contribution in [0.1, 0.15) is 6.42 Å². The first-order valence-electron chi connectivity index (χ1n) is 1.26. The van der Waals surface area contributed by atoms with Gasteiger partial charge in [0.1, 0.15) is 0 Å². The monoisotopic (exact) mass is 79.0 g/mol. The van der Waals surface area contributed by atoms with Crippen molar-refractivity contribution in [2.24, 2.45) is 0 Å². The summed E-state index contributed by atoms with van der Waals surface area (Å²) in [4.78, 5) is 9.19. The fourth-order valence-electron chi connectivity index (χ4n) is 0. The first-order valence-corrected chi connectivity index (χ1v) is 1.26. The molecule has 0 aromatic heterocycles. The number of carboxylic acids is 1. The molecule has 1 radical (unpaired) electrons. The Kier molecular flexibility index (Phi) is 7.95. The van der Waals surface area contributed by atoms with Crippen molar-refractivity contribution in [3.05, 3.63) is 6.92 Å². The predicted molar refractivity (Wildman–Crippen MR) is 15.0 cm³/mol. The molecule has 6 heavy (non-hydrogen) atoms. The molecule has 0 aliphatic rings. The van der Waals surface area contributed by atoms with Crippen LogP contribution in [0, 0.1) is 6.92 Å². The van der Waals surface area contributed by atoms with Gasteiger partial charge in [0.25, 0.3) is 0 Å². The van der Waals surface area contributed by atoms with Gasteiger partial charge < -0.3 is 9.90 Å². The van der Waals surface area contributed by atoms with Gasteiger partial charge in [0.2, 0.25) is 0 Å². The predicted octanol–water partition coefficient (Wildman–Crippen LogP) is -4.04. The van der Waals surface area contributed by atoms with Crippen LogP contribution in [-0.2, 0) is 4.79 Å². The van der Waals surface area contributed by atoms with Crippen LogP contribution in [0.25, 0.3) is 0 Å². The Morgan fingerprint density at radius 2 is 2.00 bits per heavy atom. The average Bonchev–Trinajstić information content (AvgIpc) is 1.38. The number of carbonyl (C=O) groups excluding carboxylic acids is 1.